The van der Waals surface area contributed by atoms with Crippen molar-refractivity contribution in [3.05, 3.63) is 27.7 Å². The standard InChI is InChI=1S/C12H16BrN3O2/c1-7-9(4-8(13)5-10(7)14)12(18)15-6-11(17)16(2)3/h4-5H,6,14H2,1-3H3,(H,15,18). The van der Waals surface area contributed by atoms with E-state index in [4.69, 9.17) is 5.73 Å². The molecule has 0 atom stereocenters. The SMILES string of the molecule is Cc1c(N)cc(Br)cc1C(=O)NCC(=O)N(C)C. The maximum absolute atomic E-state index is 11.9. The van der Waals surface area contributed by atoms with Gasteiger partial charge in [0.25, 0.3) is 5.91 Å². The van der Waals surface area contributed by atoms with Gasteiger partial charge in [-0.1, -0.05) is 15.9 Å². The van der Waals surface area contributed by atoms with Crippen LogP contribution in [0.15, 0.2) is 16.6 Å². The molecule has 5 nitrogen and oxygen atoms in total. The van der Waals surface area contributed by atoms with Crippen molar-refractivity contribution >= 4 is 33.4 Å². The number of benzene rings is 1. The lowest BCUT2D eigenvalue weighted by Gasteiger charge is -2.13. The van der Waals surface area contributed by atoms with E-state index in [-0.39, 0.29) is 18.4 Å². The minimum atomic E-state index is -0.310. The average molecular weight is 314 g/mol. The molecule has 0 saturated carbocycles. The summed E-state index contributed by atoms with van der Waals surface area (Å²) in [4.78, 5) is 24.7. The molecule has 0 spiro atoms. The van der Waals surface area contributed by atoms with Crippen LogP contribution in [0.4, 0.5) is 5.69 Å². The molecule has 0 heterocycles. The van der Waals surface area contributed by atoms with E-state index in [1.165, 1.54) is 4.90 Å². The Labute approximate surface area is 114 Å². The molecule has 0 aromatic heterocycles. The van der Waals surface area contributed by atoms with Crippen molar-refractivity contribution in [2.75, 3.05) is 26.4 Å². The molecule has 3 N–H and O–H groups in total. The first-order valence-electron chi connectivity index (χ1n) is 5.37. The second-order valence-corrected chi connectivity index (χ2v) is 5.05. The number of likely N-dealkylation sites (N-methyl/N-ethyl adjacent to an activating group) is 1. The summed E-state index contributed by atoms with van der Waals surface area (Å²) in [6.45, 7) is 1.74. The normalized spacial score (nSPS) is 10.0. The maximum atomic E-state index is 11.9. The number of nitrogens with zero attached hydrogens (tertiary/aromatic N) is 1. The van der Waals surface area contributed by atoms with E-state index in [9.17, 15) is 9.59 Å². The van der Waals surface area contributed by atoms with Gasteiger partial charge in [-0.05, 0) is 24.6 Å². The van der Waals surface area contributed by atoms with Crippen LogP contribution in [0.2, 0.25) is 0 Å². The van der Waals surface area contributed by atoms with Gasteiger partial charge < -0.3 is 16.0 Å². The Bertz CT molecular complexity index is 486. The van der Waals surface area contributed by atoms with Crippen LogP contribution in [-0.4, -0.2) is 37.4 Å². The number of hydrogen-bond donors (Lipinski definition) is 2. The first-order chi connectivity index (χ1) is 8.32. The lowest BCUT2D eigenvalue weighted by Crippen LogP contribution is -2.36. The molecule has 0 unspecified atom stereocenters. The van der Waals surface area contributed by atoms with Crippen molar-refractivity contribution in [3.8, 4) is 0 Å². The Balaban J connectivity index is 2.82. The molecule has 0 aliphatic carbocycles. The molecule has 0 fully saturated rings. The molecular weight excluding hydrogens is 298 g/mol. The molecule has 0 saturated heterocycles. The number of rotatable bonds is 3. The predicted molar refractivity (Wildman–Crippen MR) is 74.3 cm³/mol. The van der Waals surface area contributed by atoms with E-state index >= 15 is 0 Å². The summed E-state index contributed by atoms with van der Waals surface area (Å²) in [6, 6.07) is 3.41. The van der Waals surface area contributed by atoms with E-state index in [0.29, 0.717) is 16.8 Å². The number of carbonyl (C=O) groups excluding carboxylic acids is 2. The topological polar surface area (TPSA) is 75.4 Å². The maximum Gasteiger partial charge on any atom is 0.252 e. The fourth-order valence-corrected chi connectivity index (χ4v) is 1.82. The fourth-order valence-electron chi connectivity index (χ4n) is 1.35. The zero-order valence-corrected chi connectivity index (χ0v) is 12.2. The Morgan fingerprint density at radius 2 is 2.00 bits per heavy atom. The number of carbonyl (C=O) groups is 2. The minimum absolute atomic E-state index is 0.0301. The second-order valence-electron chi connectivity index (χ2n) is 4.14. The number of anilines is 1. The Morgan fingerprint density at radius 3 is 2.56 bits per heavy atom. The largest absolute Gasteiger partial charge is 0.398 e. The van der Waals surface area contributed by atoms with E-state index in [1.54, 1.807) is 33.2 Å². The van der Waals surface area contributed by atoms with Gasteiger partial charge in [0.15, 0.2) is 0 Å². The molecule has 0 bridgehead atoms. The molecule has 1 aromatic rings. The number of nitrogens with two attached hydrogens (primary N) is 1. The van der Waals surface area contributed by atoms with Crippen molar-refractivity contribution in [3.63, 3.8) is 0 Å². The van der Waals surface area contributed by atoms with E-state index < -0.39 is 0 Å². The van der Waals surface area contributed by atoms with Crippen LogP contribution in [-0.2, 0) is 4.79 Å². The summed E-state index contributed by atoms with van der Waals surface area (Å²) in [5.74, 6) is -0.473. The number of amides is 2. The summed E-state index contributed by atoms with van der Waals surface area (Å²) in [7, 11) is 3.27. The van der Waals surface area contributed by atoms with Crippen LogP contribution in [0, 0.1) is 6.92 Å². The molecule has 1 aromatic carbocycles. The highest BCUT2D eigenvalue weighted by Gasteiger charge is 2.13. The van der Waals surface area contributed by atoms with Crippen LogP contribution in [0.5, 0.6) is 0 Å². The van der Waals surface area contributed by atoms with E-state index in [2.05, 4.69) is 21.2 Å². The highest BCUT2D eigenvalue weighted by atomic mass is 79.9. The van der Waals surface area contributed by atoms with Crippen molar-refractivity contribution in [1.29, 1.82) is 0 Å². The second kappa shape index (κ2) is 5.86. The molecular formula is C12H16BrN3O2. The highest BCUT2D eigenvalue weighted by molar-refractivity contribution is 9.10. The average Bonchev–Trinajstić information content (AvgIpc) is 2.29. The molecule has 98 valence electrons. The number of hydrogen-bond acceptors (Lipinski definition) is 3. The number of nitrogen functional groups attached to an aromatic ring is 1. The van der Waals surface area contributed by atoms with Gasteiger partial charge in [0.05, 0.1) is 6.54 Å². The van der Waals surface area contributed by atoms with Crippen molar-refractivity contribution in [2.45, 2.75) is 6.92 Å². The van der Waals surface area contributed by atoms with Gasteiger partial charge in [-0.25, -0.2) is 0 Å². The smallest absolute Gasteiger partial charge is 0.252 e. The Kier molecular flexibility index (Phi) is 4.72. The minimum Gasteiger partial charge on any atom is -0.398 e. The quantitative estimate of drug-likeness (QED) is 0.822. The third-order valence-corrected chi connectivity index (χ3v) is 3.01. The number of halogens is 1. The summed E-state index contributed by atoms with van der Waals surface area (Å²) < 4.78 is 0.731. The zero-order valence-electron chi connectivity index (χ0n) is 10.6. The van der Waals surface area contributed by atoms with Crippen LogP contribution in [0.1, 0.15) is 15.9 Å². The van der Waals surface area contributed by atoms with Crippen LogP contribution >= 0.6 is 15.9 Å². The van der Waals surface area contributed by atoms with Gasteiger partial charge in [0.1, 0.15) is 0 Å². The molecule has 2 amide bonds. The van der Waals surface area contributed by atoms with Crippen LogP contribution in [0.3, 0.4) is 0 Å². The van der Waals surface area contributed by atoms with Gasteiger partial charge in [-0.3, -0.25) is 9.59 Å². The molecule has 18 heavy (non-hydrogen) atoms. The first kappa shape index (κ1) is 14.5. The van der Waals surface area contributed by atoms with E-state index in [0.717, 1.165) is 4.47 Å². The summed E-state index contributed by atoms with van der Waals surface area (Å²) >= 11 is 3.28. The highest BCUT2D eigenvalue weighted by Crippen LogP contribution is 2.22. The van der Waals surface area contributed by atoms with Gasteiger partial charge in [-0.15, -0.1) is 0 Å². The number of nitrogens with one attached hydrogen (secondary N) is 1. The first-order valence-corrected chi connectivity index (χ1v) is 6.16. The van der Waals surface area contributed by atoms with Crippen LogP contribution < -0.4 is 11.1 Å². The lowest BCUT2D eigenvalue weighted by molar-refractivity contribution is -0.127. The third kappa shape index (κ3) is 3.46. The Hall–Kier alpha value is -1.56. The summed E-state index contributed by atoms with van der Waals surface area (Å²) in [6.07, 6.45) is 0. The lowest BCUT2D eigenvalue weighted by atomic mass is 10.1. The van der Waals surface area contributed by atoms with Crippen molar-refractivity contribution in [2.24, 2.45) is 0 Å². The predicted octanol–water partition coefficient (Wildman–Crippen LogP) is 1.16. The Morgan fingerprint density at radius 1 is 1.39 bits per heavy atom. The monoisotopic (exact) mass is 313 g/mol. The molecule has 6 heteroatoms. The summed E-state index contributed by atoms with van der Waals surface area (Å²) in [5.41, 5.74) is 7.48. The fraction of sp³-hybridized carbons (Fsp3) is 0.333. The zero-order chi connectivity index (χ0) is 13.9. The van der Waals surface area contributed by atoms with Crippen molar-refractivity contribution < 1.29 is 9.59 Å². The molecule has 1 rings (SSSR count). The third-order valence-electron chi connectivity index (χ3n) is 2.56. The van der Waals surface area contributed by atoms with Gasteiger partial charge in [-0.2, -0.15) is 0 Å². The molecule has 0 radical (unpaired) electrons. The van der Waals surface area contributed by atoms with Crippen molar-refractivity contribution in [1.82, 2.24) is 10.2 Å². The summed E-state index contributed by atoms with van der Waals surface area (Å²) in [5, 5.41) is 2.57. The van der Waals surface area contributed by atoms with Gasteiger partial charge >= 0.3 is 0 Å². The van der Waals surface area contributed by atoms with E-state index in [1.807, 2.05) is 0 Å². The van der Waals surface area contributed by atoms with Gasteiger partial charge in [0, 0.05) is 29.8 Å². The molecule has 0 aliphatic heterocycles. The van der Waals surface area contributed by atoms with Gasteiger partial charge in [0.2, 0.25) is 5.91 Å². The van der Waals surface area contributed by atoms with Crippen LogP contribution in [0.25, 0.3) is 0 Å². The molecule has 0 aliphatic rings.